The van der Waals surface area contributed by atoms with E-state index >= 15 is 0 Å². The first-order chi connectivity index (χ1) is 9.85. The zero-order valence-corrected chi connectivity index (χ0v) is 11.5. The number of fused-ring (bicyclic) bond motifs is 2. The molecule has 2 bridgehead atoms. The molecule has 4 rings (SSSR count). The van der Waals surface area contributed by atoms with Gasteiger partial charge >= 0.3 is 0 Å². The Hall–Kier alpha value is -1.49. The molecule has 2 nitrogen and oxygen atoms in total. The number of aromatic hydroxyl groups is 1. The van der Waals surface area contributed by atoms with Crippen LogP contribution in [0.4, 0.5) is 13.2 Å². The van der Waals surface area contributed by atoms with Gasteiger partial charge in [-0.25, -0.2) is 8.78 Å². The molecule has 114 valence electrons. The molecule has 3 aliphatic rings. The van der Waals surface area contributed by atoms with E-state index in [2.05, 4.69) is 0 Å². The maximum atomic E-state index is 13.9. The third kappa shape index (κ3) is 2.33. The van der Waals surface area contributed by atoms with Crippen molar-refractivity contribution in [3.05, 3.63) is 41.2 Å². The van der Waals surface area contributed by atoms with Crippen molar-refractivity contribution in [2.45, 2.75) is 44.1 Å². The largest absolute Gasteiger partial charge is 0.505 e. The minimum atomic E-state index is -1.31. The summed E-state index contributed by atoms with van der Waals surface area (Å²) in [6.07, 6.45) is 4.29. The van der Waals surface area contributed by atoms with E-state index in [1.165, 1.54) is 12.1 Å². The summed E-state index contributed by atoms with van der Waals surface area (Å²) in [5, 5.41) is 19.1. The van der Waals surface area contributed by atoms with Crippen LogP contribution in [0.25, 0.3) is 0 Å². The van der Waals surface area contributed by atoms with Crippen LogP contribution in [0.15, 0.2) is 24.0 Å². The van der Waals surface area contributed by atoms with Gasteiger partial charge in [0, 0.05) is 0 Å². The molecule has 3 aliphatic carbocycles. The Bertz CT molecular complexity index is 602. The highest BCUT2D eigenvalue weighted by molar-refractivity contribution is 5.31. The van der Waals surface area contributed by atoms with Gasteiger partial charge in [-0.2, -0.15) is 4.39 Å². The van der Waals surface area contributed by atoms with E-state index in [9.17, 15) is 18.3 Å². The molecule has 0 radical (unpaired) electrons. The quantitative estimate of drug-likeness (QED) is 0.892. The molecule has 2 N–H and O–H groups in total. The zero-order chi connectivity index (χ0) is 15.3. The van der Waals surface area contributed by atoms with Gasteiger partial charge in [-0.15, -0.1) is 0 Å². The summed E-state index contributed by atoms with van der Waals surface area (Å²) >= 11 is 0. The number of phenols is 1. The second kappa shape index (κ2) is 4.77. The minimum absolute atomic E-state index is 0.180. The summed E-state index contributed by atoms with van der Waals surface area (Å²) in [5.74, 6) is -3.48. The fourth-order valence-corrected chi connectivity index (χ4v) is 3.43. The molecule has 0 spiro atoms. The van der Waals surface area contributed by atoms with Crippen LogP contribution < -0.4 is 0 Å². The van der Waals surface area contributed by atoms with Crippen molar-refractivity contribution in [3.63, 3.8) is 0 Å². The fraction of sp³-hybridized carbons (Fsp3) is 0.500. The molecule has 0 aliphatic heterocycles. The van der Waals surface area contributed by atoms with E-state index in [1.54, 1.807) is 0 Å². The topological polar surface area (TPSA) is 40.5 Å². The Morgan fingerprint density at radius 1 is 1.00 bits per heavy atom. The third-order valence-electron chi connectivity index (χ3n) is 4.98. The van der Waals surface area contributed by atoms with E-state index in [-0.39, 0.29) is 17.4 Å². The van der Waals surface area contributed by atoms with Crippen molar-refractivity contribution in [1.29, 1.82) is 0 Å². The van der Waals surface area contributed by atoms with Crippen molar-refractivity contribution in [1.82, 2.24) is 0 Å². The summed E-state index contributed by atoms with van der Waals surface area (Å²) < 4.78 is 40.9. The number of halogens is 3. The molecule has 0 heterocycles. The smallest absolute Gasteiger partial charge is 0.200 e. The van der Waals surface area contributed by atoms with Gasteiger partial charge in [0.15, 0.2) is 11.6 Å². The van der Waals surface area contributed by atoms with Gasteiger partial charge in [-0.1, -0.05) is 6.07 Å². The molecule has 0 aromatic heterocycles. The van der Waals surface area contributed by atoms with Gasteiger partial charge in [0.2, 0.25) is 5.82 Å². The third-order valence-corrected chi connectivity index (χ3v) is 4.98. The number of allylic oxidation sites excluding steroid dienone is 1. The van der Waals surface area contributed by atoms with E-state index in [0.717, 1.165) is 6.07 Å². The van der Waals surface area contributed by atoms with Crippen LogP contribution in [0, 0.1) is 17.0 Å². The molecule has 1 aromatic carbocycles. The van der Waals surface area contributed by atoms with Gasteiger partial charge in [-0.05, 0) is 61.6 Å². The highest BCUT2D eigenvalue weighted by Crippen LogP contribution is 2.53. The number of benzene rings is 1. The highest BCUT2D eigenvalue weighted by Gasteiger charge is 2.48. The summed E-state index contributed by atoms with van der Waals surface area (Å²) in [7, 11) is 0. The van der Waals surface area contributed by atoms with Crippen molar-refractivity contribution < 1.29 is 23.4 Å². The molecule has 0 amide bonds. The SMILES string of the molecule is Oc1ccc(CCC23C=C(F)C(O)(CC2)CC3)c(F)c1F. The van der Waals surface area contributed by atoms with Gasteiger partial charge in [0.25, 0.3) is 0 Å². The highest BCUT2D eigenvalue weighted by atomic mass is 19.2. The molecule has 0 unspecified atom stereocenters. The molecule has 1 aromatic rings. The van der Waals surface area contributed by atoms with Gasteiger partial charge < -0.3 is 10.2 Å². The van der Waals surface area contributed by atoms with Crippen LogP contribution >= 0.6 is 0 Å². The van der Waals surface area contributed by atoms with Crippen molar-refractivity contribution in [3.8, 4) is 5.75 Å². The minimum Gasteiger partial charge on any atom is -0.505 e. The average Bonchev–Trinajstić information content (AvgIpc) is 2.46. The van der Waals surface area contributed by atoms with Gasteiger partial charge in [0.1, 0.15) is 11.4 Å². The number of rotatable bonds is 3. The normalized spacial score (nSPS) is 31.3. The summed E-state index contributed by atoms with van der Waals surface area (Å²) in [5.41, 5.74) is -1.51. The number of phenolic OH excluding ortho intramolecular Hbond substituents is 1. The second-order valence-corrected chi connectivity index (χ2v) is 6.26. The Kier molecular flexibility index (Phi) is 3.28. The molecular weight excluding hydrogens is 281 g/mol. The lowest BCUT2D eigenvalue weighted by molar-refractivity contribution is -0.0313. The summed E-state index contributed by atoms with van der Waals surface area (Å²) in [6, 6.07) is 2.48. The lowest BCUT2D eigenvalue weighted by atomic mass is 9.61. The lowest BCUT2D eigenvalue weighted by Gasteiger charge is -2.47. The maximum Gasteiger partial charge on any atom is 0.200 e. The first-order valence-electron chi connectivity index (χ1n) is 7.12. The maximum absolute atomic E-state index is 13.9. The molecule has 5 heteroatoms. The molecule has 1 fully saturated rings. The van der Waals surface area contributed by atoms with E-state index in [4.69, 9.17) is 5.11 Å². The Morgan fingerprint density at radius 3 is 2.29 bits per heavy atom. The number of aryl methyl sites for hydroxylation is 1. The van der Waals surface area contributed by atoms with E-state index in [0.29, 0.717) is 32.1 Å². The van der Waals surface area contributed by atoms with Crippen molar-refractivity contribution in [2.24, 2.45) is 5.41 Å². The summed E-state index contributed by atoms with van der Waals surface area (Å²) in [6.45, 7) is 0. The molecular formula is C16H17F3O2. The Balaban J connectivity index is 1.79. The van der Waals surface area contributed by atoms with Crippen LogP contribution in [0.3, 0.4) is 0 Å². The first-order valence-corrected chi connectivity index (χ1v) is 7.12. The first kappa shape index (κ1) is 14.4. The fourth-order valence-electron chi connectivity index (χ4n) is 3.43. The Morgan fingerprint density at radius 2 is 1.67 bits per heavy atom. The van der Waals surface area contributed by atoms with Crippen molar-refractivity contribution >= 4 is 0 Å². The number of hydrogen-bond donors (Lipinski definition) is 2. The number of hydrogen-bond acceptors (Lipinski definition) is 2. The van der Waals surface area contributed by atoms with E-state index in [1.807, 2.05) is 0 Å². The molecule has 0 saturated heterocycles. The van der Waals surface area contributed by atoms with Crippen LogP contribution in [-0.4, -0.2) is 15.8 Å². The van der Waals surface area contributed by atoms with Crippen LogP contribution in [-0.2, 0) is 6.42 Å². The van der Waals surface area contributed by atoms with Gasteiger partial charge in [-0.3, -0.25) is 0 Å². The van der Waals surface area contributed by atoms with Gasteiger partial charge in [0.05, 0.1) is 0 Å². The summed E-state index contributed by atoms with van der Waals surface area (Å²) in [4.78, 5) is 0. The van der Waals surface area contributed by atoms with E-state index < -0.39 is 28.8 Å². The molecule has 21 heavy (non-hydrogen) atoms. The average molecular weight is 298 g/mol. The van der Waals surface area contributed by atoms with Crippen LogP contribution in [0.2, 0.25) is 0 Å². The predicted molar refractivity (Wildman–Crippen MR) is 71.4 cm³/mol. The van der Waals surface area contributed by atoms with Crippen LogP contribution in [0.5, 0.6) is 5.75 Å². The molecule has 0 atom stereocenters. The number of aliphatic hydroxyl groups is 1. The predicted octanol–water partition coefficient (Wildman–Crippen LogP) is 3.76. The Labute approximate surface area is 120 Å². The second-order valence-electron chi connectivity index (χ2n) is 6.26. The molecule has 1 saturated carbocycles. The monoisotopic (exact) mass is 298 g/mol. The van der Waals surface area contributed by atoms with Crippen LogP contribution in [0.1, 0.15) is 37.7 Å². The zero-order valence-electron chi connectivity index (χ0n) is 11.5. The van der Waals surface area contributed by atoms with Crippen molar-refractivity contribution in [2.75, 3.05) is 0 Å². The standard InChI is InChI=1S/C16H17F3O2/c17-12-9-15(5-7-16(12,21)8-6-15)4-3-10-1-2-11(20)14(19)13(10)18/h1-2,9,20-21H,3-8H2. The lowest BCUT2D eigenvalue weighted by Crippen LogP contribution is -2.44.